The van der Waals surface area contributed by atoms with Gasteiger partial charge in [0.2, 0.25) is 11.8 Å². The molecule has 0 aromatic heterocycles. The summed E-state index contributed by atoms with van der Waals surface area (Å²) < 4.78 is 0. The molecule has 22 heavy (non-hydrogen) atoms. The summed E-state index contributed by atoms with van der Waals surface area (Å²) in [4.78, 5) is 26.3. The van der Waals surface area contributed by atoms with Gasteiger partial charge in [-0.1, -0.05) is 36.6 Å². The first-order valence-corrected chi connectivity index (χ1v) is 8.25. The molecule has 1 saturated carbocycles. The zero-order chi connectivity index (χ0) is 15.7. The van der Waals surface area contributed by atoms with E-state index in [1.165, 1.54) is 0 Å². The molecule has 0 spiro atoms. The first-order valence-electron chi connectivity index (χ1n) is 7.88. The maximum absolute atomic E-state index is 13.2. The topological polar surface area (TPSA) is 63.4 Å². The van der Waals surface area contributed by atoms with Crippen LogP contribution in [0, 0.1) is 5.92 Å². The standard InChI is InChI=1S/C17H21ClN2O2/c18-14-5-3-13(4-6-14)17(8-1-2-9-17)16(22)20-10-7-12(11-20)15(19)21/h3-6,12H,1-2,7-11H2,(H2,19,21)/t12-/m0/s1. The smallest absolute Gasteiger partial charge is 0.233 e. The van der Waals surface area contributed by atoms with Crippen LogP contribution in [0.5, 0.6) is 0 Å². The number of carbonyl (C=O) groups is 2. The highest BCUT2D eigenvalue weighted by Gasteiger charge is 2.46. The molecule has 0 bridgehead atoms. The van der Waals surface area contributed by atoms with Crippen molar-refractivity contribution in [3.63, 3.8) is 0 Å². The second kappa shape index (κ2) is 5.92. The van der Waals surface area contributed by atoms with Crippen molar-refractivity contribution in [1.82, 2.24) is 4.90 Å². The van der Waals surface area contributed by atoms with Crippen LogP contribution in [0.4, 0.5) is 0 Å². The predicted octanol–water partition coefficient (Wildman–Crippen LogP) is 2.49. The van der Waals surface area contributed by atoms with Crippen LogP contribution in [0.25, 0.3) is 0 Å². The van der Waals surface area contributed by atoms with Crippen molar-refractivity contribution in [2.24, 2.45) is 11.7 Å². The van der Waals surface area contributed by atoms with Gasteiger partial charge in [0, 0.05) is 18.1 Å². The van der Waals surface area contributed by atoms with Gasteiger partial charge in [0.25, 0.3) is 0 Å². The van der Waals surface area contributed by atoms with Gasteiger partial charge in [-0.05, 0) is 37.0 Å². The summed E-state index contributed by atoms with van der Waals surface area (Å²) in [6, 6.07) is 7.63. The van der Waals surface area contributed by atoms with E-state index < -0.39 is 5.41 Å². The predicted molar refractivity (Wildman–Crippen MR) is 85.5 cm³/mol. The van der Waals surface area contributed by atoms with E-state index in [1.54, 1.807) is 0 Å². The van der Waals surface area contributed by atoms with Gasteiger partial charge in [0.1, 0.15) is 0 Å². The molecule has 2 amide bonds. The molecule has 2 N–H and O–H groups in total. The molecular weight excluding hydrogens is 300 g/mol. The number of primary amides is 1. The third kappa shape index (κ3) is 2.60. The van der Waals surface area contributed by atoms with Crippen LogP contribution in [-0.4, -0.2) is 29.8 Å². The summed E-state index contributed by atoms with van der Waals surface area (Å²) in [5.74, 6) is -0.356. The third-order valence-corrected chi connectivity index (χ3v) is 5.39. The van der Waals surface area contributed by atoms with E-state index in [-0.39, 0.29) is 17.7 Å². The van der Waals surface area contributed by atoms with Crippen LogP contribution in [0.3, 0.4) is 0 Å². The Balaban J connectivity index is 1.86. The number of halogens is 1. The summed E-state index contributed by atoms with van der Waals surface area (Å²) in [6.45, 7) is 1.09. The van der Waals surface area contributed by atoms with Gasteiger partial charge in [0.15, 0.2) is 0 Å². The summed E-state index contributed by atoms with van der Waals surface area (Å²) in [5, 5.41) is 0.680. The molecule has 1 aliphatic heterocycles. The number of hydrogen-bond acceptors (Lipinski definition) is 2. The Morgan fingerprint density at radius 2 is 1.82 bits per heavy atom. The minimum Gasteiger partial charge on any atom is -0.369 e. The Kier molecular flexibility index (Phi) is 4.13. The van der Waals surface area contributed by atoms with Gasteiger partial charge in [-0.25, -0.2) is 0 Å². The fourth-order valence-corrected chi connectivity index (χ4v) is 3.98. The Morgan fingerprint density at radius 1 is 1.18 bits per heavy atom. The van der Waals surface area contributed by atoms with Gasteiger partial charge in [-0.3, -0.25) is 9.59 Å². The van der Waals surface area contributed by atoms with E-state index >= 15 is 0 Å². The lowest BCUT2D eigenvalue weighted by Crippen LogP contribution is -2.45. The number of amides is 2. The molecule has 2 aliphatic rings. The molecule has 1 aromatic carbocycles. The maximum atomic E-state index is 13.2. The molecule has 1 saturated heterocycles. The second-order valence-electron chi connectivity index (χ2n) is 6.44. The average molecular weight is 321 g/mol. The normalized spacial score (nSPS) is 23.7. The van der Waals surface area contributed by atoms with E-state index in [0.29, 0.717) is 24.5 Å². The van der Waals surface area contributed by atoms with Crippen LogP contribution < -0.4 is 5.73 Å². The lowest BCUT2D eigenvalue weighted by atomic mass is 9.77. The molecule has 1 atom stereocenters. The second-order valence-corrected chi connectivity index (χ2v) is 6.87. The Morgan fingerprint density at radius 3 is 2.36 bits per heavy atom. The number of hydrogen-bond donors (Lipinski definition) is 1. The minimum absolute atomic E-state index is 0.149. The van der Waals surface area contributed by atoms with Crippen molar-refractivity contribution >= 4 is 23.4 Å². The number of nitrogens with two attached hydrogens (primary N) is 1. The Bertz CT molecular complexity index is 579. The number of rotatable bonds is 3. The van der Waals surface area contributed by atoms with E-state index in [1.807, 2.05) is 29.2 Å². The molecule has 0 unspecified atom stereocenters. The van der Waals surface area contributed by atoms with E-state index in [0.717, 1.165) is 31.2 Å². The number of nitrogens with zero attached hydrogens (tertiary/aromatic N) is 1. The van der Waals surface area contributed by atoms with Gasteiger partial charge in [-0.15, -0.1) is 0 Å². The van der Waals surface area contributed by atoms with Crippen LogP contribution in [-0.2, 0) is 15.0 Å². The summed E-state index contributed by atoms with van der Waals surface area (Å²) in [7, 11) is 0. The lowest BCUT2D eigenvalue weighted by molar-refractivity contribution is -0.136. The van der Waals surface area contributed by atoms with Gasteiger partial charge < -0.3 is 10.6 Å². The van der Waals surface area contributed by atoms with Crippen molar-refractivity contribution in [2.45, 2.75) is 37.5 Å². The maximum Gasteiger partial charge on any atom is 0.233 e. The third-order valence-electron chi connectivity index (χ3n) is 5.14. The molecule has 2 fully saturated rings. The molecule has 3 rings (SSSR count). The number of carbonyl (C=O) groups excluding carboxylic acids is 2. The molecule has 5 heteroatoms. The van der Waals surface area contributed by atoms with Gasteiger partial charge in [0.05, 0.1) is 11.3 Å². The highest BCUT2D eigenvalue weighted by molar-refractivity contribution is 6.30. The van der Waals surface area contributed by atoms with Crippen LogP contribution in [0.2, 0.25) is 5.02 Å². The van der Waals surface area contributed by atoms with E-state index in [9.17, 15) is 9.59 Å². The van der Waals surface area contributed by atoms with Crippen LogP contribution in [0.15, 0.2) is 24.3 Å². The highest BCUT2D eigenvalue weighted by atomic mass is 35.5. The lowest BCUT2D eigenvalue weighted by Gasteiger charge is -2.33. The van der Waals surface area contributed by atoms with Crippen molar-refractivity contribution in [3.8, 4) is 0 Å². The molecule has 1 aromatic rings. The van der Waals surface area contributed by atoms with E-state index in [2.05, 4.69) is 0 Å². The quantitative estimate of drug-likeness (QED) is 0.930. The summed E-state index contributed by atoms with van der Waals surface area (Å²) in [6.07, 6.45) is 4.52. The SMILES string of the molecule is NC(=O)[C@H]1CCN(C(=O)C2(c3ccc(Cl)cc3)CCCC2)C1. The summed E-state index contributed by atoms with van der Waals surface area (Å²) in [5.41, 5.74) is 5.98. The first kappa shape index (κ1) is 15.3. The van der Waals surface area contributed by atoms with Crippen molar-refractivity contribution in [2.75, 3.05) is 13.1 Å². The first-order chi connectivity index (χ1) is 10.5. The minimum atomic E-state index is -0.447. The van der Waals surface area contributed by atoms with Crippen molar-refractivity contribution in [3.05, 3.63) is 34.9 Å². The number of likely N-dealkylation sites (tertiary alicyclic amines) is 1. The summed E-state index contributed by atoms with van der Waals surface area (Å²) >= 11 is 5.98. The molecule has 1 aliphatic carbocycles. The number of benzene rings is 1. The van der Waals surface area contributed by atoms with Gasteiger partial charge >= 0.3 is 0 Å². The van der Waals surface area contributed by atoms with Crippen LogP contribution in [0.1, 0.15) is 37.7 Å². The Labute approximate surface area is 135 Å². The zero-order valence-electron chi connectivity index (χ0n) is 12.6. The van der Waals surface area contributed by atoms with Crippen LogP contribution >= 0.6 is 11.6 Å². The highest BCUT2D eigenvalue weighted by Crippen LogP contribution is 2.43. The Hall–Kier alpha value is -1.55. The zero-order valence-corrected chi connectivity index (χ0v) is 13.3. The van der Waals surface area contributed by atoms with Gasteiger partial charge in [-0.2, -0.15) is 0 Å². The monoisotopic (exact) mass is 320 g/mol. The fraction of sp³-hybridized carbons (Fsp3) is 0.529. The van der Waals surface area contributed by atoms with E-state index in [4.69, 9.17) is 17.3 Å². The van der Waals surface area contributed by atoms with Crippen molar-refractivity contribution in [1.29, 1.82) is 0 Å². The molecule has 118 valence electrons. The fourth-order valence-electron chi connectivity index (χ4n) is 3.85. The molecule has 0 radical (unpaired) electrons. The van der Waals surface area contributed by atoms with Crippen molar-refractivity contribution < 1.29 is 9.59 Å². The molecule has 4 nitrogen and oxygen atoms in total. The molecule has 1 heterocycles. The average Bonchev–Trinajstić information content (AvgIpc) is 3.17. The largest absolute Gasteiger partial charge is 0.369 e. The molecular formula is C17H21ClN2O2.